The molecule has 2 N–H and O–H groups in total. The Morgan fingerprint density at radius 1 is 0.935 bits per heavy atom. The quantitative estimate of drug-likeness (QED) is 0.431. The number of nitrogens with zero attached hydrogens (tertiary/aromatic N) is 1. The molecule has 8 nitrogen and oxygen atoms in total. The Balaban J connectivity index is 1.62. The first kappa shape index (κ1) is 21.5. The van der Waals surface area contributed by atoms with Crippen LogP contribution in [0.25, 0.3) is 0 Å². The Bertz CT molecular complexity index is 1110. The van der Waals surface area contributed by atoms with Crippen molar-refractivity contribution in [2.24, 2.45) is 0 Å². The molecule has 0 spiro atoms. The van der Waals surface area contributed by atoms with Crippen LogP contribution in [-0.2, 0) is 4.79 Å². The highest BCUT2D eigenvalue weighted by molar-refractivity contribution is 6.05. The summed E-state index contributed by atoms with van der Waals surface area (Å²) in [5, 5.41) is 16.2. The lowest BCUT2D eigenvalue weighted by atomic mass is 10.1. The molecule has 0 aliphatic carbocycles. The van der Waals surface area contributed by atoms with Crippen LogP contribution in [0.4, 0.5) is 17.1 Å². The Labute approximate surface area is 179 Å². The molecule has 0 aliphatic heterocycles. The van der Waals surface area contributed by atoms with Crippen molar-refractivity contribution in [2.45, 2.75) is 20.0 Å². The van der Waals surface area contributed by atoms with Crippen molar-refractivity contribution >= 4 is 28.9 Å². The number of ether oxygens (including phenoxy) is 1. The lowest BCUT2D eigenvalue weighted by Crippen LogP contribution is -2.30. The maximum Gasteiger partial charge on any atom is 0.269 e. The van der Waals surface area contributed by atoms with Crippen LogP contribution in [0, 0.1) is 17.0 Å². The summed E-state index contributed by atoms with van der Waals surface area (Å²) < 4.78 is 5.54. The first-order chi connectivity index (χ1) is 14.8. The minimum Gasteiger partial charge on any atom is -0.481 e. The molecule has 8 heteroatoms. The maximum absolute atomic E-state index is 12.5. The summed E-state index contributed by atoms with van der Waals surface area (Å²) in [5.74, 6) is -0.383. The van der Waals surface area contributed by atoms with Gasteiger partial charge in [0, 0.05) is 29.1 Å². The third-order valence-corrected chi connectivity index (χ3v) is 4.40. The molecular weight excluding hydrogens is 398 g/mol. The largest absolute Gasteiger partial charge is 0.481 e. The van der Waals surface area contributed by atoms with Crippen LogP contribution in [-0.4, -0.2) is 22.8 Å². The van der Waals surface area contributed by atoms with Gasteiger partial charge in [-0.2, -0.15) is 0 Å². The van der Waals surface area contributed by atoms with Crippen LogP contribution in [0.2, 0.25) is 0 Å². The van der Waals surface area contributed by atoms with Gasteiger partial charge in [-0.1, -0.05) is 18.2 Å². The van der Waals surface area contributed by atoms with Gasteiger partial charge in [0.2, 0.25) is 0 Å². The Morgan fingerprint density at radius 2 is 1.58 bits per heavy atom. The zero-order chi connectivity index (χ0) is 22.4. The Morgan fingerprint density at radius 3 is 2.23 bits per heavy atom. The molecule has 1 unspecified atom stereocenters. The van der Waals surface area contributed by atoms with Crippen LogP contribution < -0.4 is 15.4 Å². The zero-order valence-corrected chi connectivity index (χ0v) is 17.0. The fourth-order valence-corrected chi connectivity index (χ4v) is 2.81. The number of nitro groups is 1. The predicted octanol–water partition coefficient (Wildman–Crippen LogP) is 4.56. The van der Waals surface area contributed by atoms with Gasteiger partial charge in [-0.25, -0.2) is 0 Å². The second-order valence-corrected chi connectivity index (χ2v) is 6.90. The van der Waals surface area contributed by atoms with E-state index in [4.69, 9.17) is 4.74 Å². The van der Waals surface area contributed by atoms with E-state index in [9.17, 15) is 19.7 Å². The normalized spacial score (nSPS) is 11.3. The number of hydrogen-bond acceptors (Lipinski definition) is 5. The third-order valence-electron chi connectivity index (χ3n) is 4.40. The molecule has 3 aromatic rings. The highest BCUT2D eigenvalue weighted by Crippen LogP contribution is 2.19. The summed E-state index contributed by atoms with van der Waals surface area (Å²) in [4.78, 5) is 35.2. The van der Waals surface area contributed by atoms with Gasteiger partial charge in [0.05, 0.1) is 4.92 Å². The van der Waals surface area contributed by atoms with Crippen molar-refractivity contribution < 1.29 is 19.2 Å². The van der Waals surface area contributed by atoms with Gasteiger partial charge in [-0.3, -0.25) is 19.7 Å². The van der Waals surface area contributed by atoms with Crippen molar-refractivity contribution in [1.82, 2.24) is 0 Å². The molecule has 0 aromatic heterocycles. The number of benzene rings is 3. The predicted molar refractivity (Wildman–Crippen MR) is 117 cm³/mol. The highest BCUT2D eigenvalue weighted by atomic mass is 16.6. The molecule has 2 amide bonds. The lowest BCUT2D eigenvalue weighted by molar-refractivity contribution is -0.384. The molecule has 0 aliphatic rings. The number of amides is 2. The van der Waals surface area contributed by atoms with Gasteiger partial charge in [0.1, 0.15) is 5.75 Å². The van der Waals surface area contributed by atoms with Gasteiger partial charge in [-0.15, -0.1) is 0 Å². The molecule has 1 atom stereocenters. The smallest absolute Gasteiger partial charge is 0.269 e. The first-order valence-electron chi connectivity index (χ1n) is 9.52. The molecule has 3 rings (SSSR count). The molecule has 31 heavy (non-hydrogen) atoms. The van der Waals surface area contributed by atoms with Crippen LogP contribution in [0.1, 0.15) is 22.8 Å². The molecular formula is C23H21N3O5. The van der Waals surface area contributed by atoms with Gasteiger partial charge in [0.25, 0.3) is 17.5 Å². The van der Waals surface area contributed by atoms with Crippen molar-refractivity contribution in [3.63, 3.8) is 0 Å². The number of rotatable bonds is 7. The monoisotopic (exact) mass is 419 g/mol. The number of carbonyl (C=O) groups is 2. The molecule has 0 saturated carbocycles. The summed E-state index contributed by atoms with van der Waals surface area (Å²) in [7, 11) is 0. The Hall–Kier alpha value is -4.20. The fraction of sp³-hybridized carbons (Fsp3) is 0.130. The standard InChI is InChI=1S/C23H21N3O5/c1-15-5-3-7-18(13-15)25-23(28)17-6-4-8-19(14-17)24-22(27)16(2)31-21-11-9-20(10-12-21)26(29)30/h3-14,16H,1-2H3,(H,24,27)(H,25,28). The van der Waals surface area contributed by atoms with E-state index in [1.165, 1.54) is 24.3 Å². The average Bonchev–Trinajstić information content (AvgIpc) is 2.74. The van der Waals surface area contributed by atoms with Gasteiger partial charge < -0.3 is 15.4 Å². The molecule has 0 bridgehead atoms. The van der Waals surface area contributed by atoms with E-state index in [0.29, 0.717) is 22.7 Å². The molecule has 0 saturated heterocycles. The number of hydrogen-bond donors (Lipinski definition) is 2. The minimum atomic E-state index is -0.855. The second-order valence-electron chi connectivity index (χ2n) is 6.90. The number of nitro benzene ring substituents is 1. The van der Waals surface area contributed by atoms with E-state index in [2.05, 4.69) is 10.6 Å². The van der Waals surface area contributed by atoms with E-state index in [-0.39, 0.29) is 11.6 Å². The van der Waals surface area contributed by atoms with E-state index >= 15 is 0 Å². The fourth-order valence-electron chi connectivity index (χ4n) is 2.81. The Kier molecular flexibility index (Phi) is 6.61. The lowest BCUT2D eigenvalue weighted by Gasteiger charge is -2.15. The highest BCUT2D eigenvalue weighted by Gasteiger charge is 2.16. The minimum absolute atomic E-state index is 0.0646. The molecule has 0 radical (unpaired) electrons. The summed E-state index contributed by atoms with van der Waals surface area (Å²) in [5.41, 5.74) is 2.49. The summed E-state index contributed by atoms with van der Waals surface area (Å²) in [6.07, 6.45) is -0.855. The number of nitrogens with one attached hydrogen (secondary N) is 2. The van der Waals surface area contributed by atoms with E-state index < -0.39 is 16.9 Å². The zero-order valence-electron chi connectivity index (χ0n) is 17.0. The van der Waals surface area contributed by atoms with Gasteiger partial charge >= 0.3 is 0 Å². The van der Waals surface area contributed by atoms with E-state index in [1.54, 1.807) is 37.3 Å². The van der Waals surface area contributed by atoms with Crippen molar-refractivity contribution in [3.05, 3.63) is 94.0 Å². The third kappa shape index (κ3) is 5.89. The number of non-ortho nitro benzene ring substituents is 1. The molecule has 0 fully saturated rings. The average molecular weight is 419 g/mol. The van der Waals surface area contributed by atoms with Gasteiger partial charge in [-0.05, 0) is 61.9 Å². The van der Waals surface area contributed by atoms with E-state index in [1.807, 2.05) is 25.1 Å². The molecule has 0 heterocycles. The van der Waals surface area contributed by atoms with Crippen molar-refractivity contribution in [2.75, 3.05) is 10.6 Å². The first-order valence-corrected chi connectivity index (χ1v) is 9.52. The van der Waals surface area contributed by atoms with Crippen LogP contribution in [0.3, 0.4) is 0 Å². The summed E-state index contributed by atoms with van der Waals surface area (Å²) in [6.45, 7) is 3.50. The number of aryl methyl sites for hydroxylation is 1. The van der Waals surface area contributed by atoms with E-state index in [0.717, 1.165) is 5.56 Å². The number of anilines is 2. The van der Waals surface area contributed by atoms with Crippen molar-refractivity contribution in [3.8, 4) is 5.75 Å². The molecule has 3 aromatic carbocycles. The second kappa shape index (κ2) is 9.53. The van der Waals surface area contributed by atoms with Crippen LogP contribution >= 0.6 is 0 Å². The van der Waals surface area contributed by atoms with Gasteiger partial charge in [0.15, 0.2) is 6.10 Å². The molecule has 158 valence electrons. The topological polar surface area (TPSA) is 111 Å². The van der Waals surface area contributed by atoms with Crippen molar-refractivity contribution in [1.29, 1.82) is 0 Å². The van der Waals surface area contributed by atoms with Crippen LogP contribution in [0.5, 0.6) is 5.75 Å². The van der Waals surface area contributed by atoms with Crippen LogP contribution in [0.15, 0.2) is 72.8 Å². The SMILES string of the molecule is Cc1cccc(NC(=O)c2cccc(NC(=O)C(C)Oc3ccc([N+](=O)[O-])cc3)c2)c1. The summed E-state index contributed by atoms with van der Waals surface area (Å²) >= 11 is 0. The summed E-state index contributed by atoms with van der Waals surface area (Å²) in [6, 6.07) is 19.5. The number of carbonyl (C=O) groups excluding carboxylic acids is 2. The maximum atomic E-state index is 12.5.